The molecule has 5 nitrogen and oxygen atoms in total. The molecule has 0 radical (unpaired) electrons. The number of carboxylic acid groups (broad SMARTS) is 1. The Morgan fingerprint density at radius 1 is 1.00 bits per heavy atom. The maximum Gasteiger partial charge on any atom is 0.329 e. The van der Waals surface area contributed by atoms with Crippen molar-refractivity contribution in [2.24, 2.45) is 0 Å². The van der Waals surface area contributed by atoms with Crippen molar-refractivity contribution >= 4 is 11.9 Å². The van der Waals surface area contributed by atoms with Gasteiger partial charge >= 0.3 is 5.97 Å². The van der Waals surface area contributed by atoms with Gasteiger partial charge in [-0.15, -0.1) is 0 Å². The summed E-state index contributed by atoms with van der Waals surface area (Å²) in [7, 11) is 0. The van der Waals surface area contributed by atoms with Crippen molar-refractivity contribution in [3.05, 3.63) is 0 Å². The number of aliphatic hydroxyl groups excluding tert-OH is 1. The van der Waals surface area contributed by atoms with E-state index in [2.05, 4.69) is 6.92 Å². The molecule has 22 heavy (non-hydrogen) atoms. The zero-order valence-corrected chi connectivity index (χ0v) is 13.8. The lowest BCUT2D eigenvalue weighted by Gasteiger charge is -2.22. The first-order chi connectivity index (χ1) is 10.6. The fourth-order valence-electron chi connectivity index (χ4n) is 3.08. The molecule has 0 aliphatic carbocycles. The van der Waals surface area contributed by atoms with E-state index in [0.717, 1.165) is 19.3 Å². The number of unbranched alkanes of at least 4 members (excludes halogenated alkanes) is 8. The third-order valence-corrected chi connectivity index (χ3v) is 4.43. The molecule has 1 saturated heterocycles. The van der Waals surface area contributed by atoms with Crippen LogP contribution in [0.2, 0.25) is 0 Å². The lowest BCUT2D eigenvalue weighted by Crippen LogP contribution is -2.44. The summed E-state index contributed by atoms with van der Waals surface area (Å²) in [6, 6.07) is -1.05. The van der Waals surface area contributed by atoms with E-state index in [-0.39, 0.29) is 5.91 Å². The van der Waals surface area contributed by atoms with Crippen molar-refractivity contribution in [3.63, 3.8) is 0 Å². The Bertz CT molecular complexity index is 346. The largest absolute Gasteiger partial charge is 0.480 e. The fraction of sp³-hybridized carbons (Fsp3) is 0.882. The van der Waals surface area contributed by atoms with Crippen molar-refractivity contribution in [1.29, 1.82) is 0 Å². The van der Waals surface area contributed by atoms with Crippen LogP contribution >= 0.6 is 0 Å². The topological polar surface area (TPSA) is 77.8 Å². The molecule has 2 atom stereocenters. The number of carbonyl (C=O) groups is 2. The summed E-state index contributed by atoms with van der Waals surface area (Å²) in [4.78, 5) is 24.5. The van der Waals surface area contributed by atoms with Crippen molar-refractivity contribution in [3.8, 4) is 0 Å². The monoisotopic (exact) mass is 313 g/mol. The lowest BCUT2D eigenvalue weighted by atomic mass is 10.1. The van der Waals surface area contributed by atoms with Crippen LogP contribution in [-0.2, 0) is 9.59 Å². The predicted molar refractivity (Wildman–Crippen MR) is 85.6 cm³/mol. The van der Waals surface area contributed by atoms with Gasteiger partial charge in [-0.25, -0.2) is 4.79 Å². The number of aliphatic hydroxyl groups is 1. The van der Waals surface area contributed by atoms with Crippen LogP contribution in [0, 0.1) is 0 Å². The Morgan fingerprint density at radius 2 is 1.55 bits per heavy atom. The second-order valence-corrected chi connectivity index (χ2v) is 6.30. The highest BCUT2D eigenvalue weighted by Gasteiger charge is 2.40. The Kier molecular flexibility index (Phi) is 9.13. The van der Waals surface area contributed by atoms with Crippen molar-refractivity contribution in [2.75, 3.05) is 6.54 Å². The molecule has 1 heterocycles. The minimum atomic E-state index is -1.11. The van der Waals surface area contributed by atoms with Crippen molar-refractivity contribution in [2.45, 2.75) is 89.7 Å². The van der Waals surface area contributed by atoms with E-state index in [1.807, 2.05) is 0 Å². The lowest BCUT2D eigenvalue weighted by molar-refractivity contribution is -0.151. The van der Waals surface area contributed by atoms with E-state index < -0.39 is 18.1 Å². The third-order valence-electron chi connectivity index (χ3n) is 4.43. The molecule has 1 aliphatic rings. The normalized spacial score (nSPS) is 21.3. The molecule has 0 aromatic heterocycles. The quantitative estimate of drug-likeness (QED) is 0.575. The average molecular weight is 313 g/mol. The number of carbonyl (C=O) groups excluding carboxylic acids is 1. The number of rotatable bonds is 11. The first kappa shape index (κ1) is 18.9. The molecule has 2 N–H and O–H groups in total. The highest BCUT2D eigenvalue weighted by atomic mass is 16.4. The minimum Gasteiger partial charge on any atom is -0.480 e. The van der Waals surface area contributed by atoms with Crippen LogP contribution in [0.3, 0.4) is 0 Å². The highest BCUT2D eigenvalue weighted by Crippen LogP contribution is 2.20. The molecule has 1 rings (SSSR count). The Hall–Kier alpha value is -1.10. The van der Waals surface area contributed by atoms with Gasteiger partial charge in [0.05, 0.1) is 6.10 Å². The molecular weight excluding hydrogens is 282 g/mol. The second-order valence-electron chi connectivity index (χ2n) is 6.30. The van der Waals surface area contributed by atoms with Crippen molar-refractivity contribution < 1.29 is 19.8 Å². The molecule has 0 bridgehead atoms. The summed E-state index contributed by atoms with van der Waals surface area (Å²) in [5.74, 6) is -1.24. The van der Waals surface area contributed by atoms with Gasteiger partial charge in [0.1, 0.15) is 0 Å². The summed E-state index contributed by atoms with van der Waals surface area (Å²) < 4.78 is 0. The summed E-state index contributed by atoms with van der Waals surface area (Å²) >= 11 is 0. The highest BCUT2D eigenvalue weighted by molar-refractivity contribution is 5.84. The van der Waals surface area contributed by atoms with E-state index in [9.17, 15) is 14.7 Å². The van der Waals surface area contributed by atoms with Crippen LogP contribution in [0.1, 0.15) is 77.6 Å². The molecule has 0 aromatic rings. The number of carboxylic acids is 1. The van der Waals surface area contributed by atoms with Crippen molar-refractivity contribution in [1.82, 2.24) is 4.90 Å². The molecular formula is C17H31NO4. The van der Waals surface area contributed by atoms with E-state index in [1.165, 1.54) is 43.4 Å². The zero-order valence-electron chi connectivity index (χ0n) is 13.8. The van der Waals surface area contributed by atoms with E-state index >= 15 is 0 Å². The zero-order chi connectivity index (χ0) is 16.4. The summed E-state index contributed by atoms with van der Waals surface area (Å²) in [5.41, 5.74) is 0. The number of aliphatic carboxylic acids is 1. The second kappa shape index (κ2) is 10.6. The fourth-order valence-corrected chi connectivity index (χ4v) is 3.08. The number of amides is 1. The standard InChI is InChI=1S/C17H31NO4/c1-2-3-4-5-6-7-8-9-10-11-15(20)18-13-12-14(19)16(18)17(21)22/h14,16,19H,2-13H2,1H3,(H,21,22)/t14-,16+/m1/s1. The number of nitrogens with zero attached hydrogens (tertiary/aromatic N) is 1. The van der Waals surface area contributed by atoms with Crippen LogP contribution in [0.4, 0.5) is 0 Å². The van der Waals surface area contributed by atoms with Crippen LogP contribution in [0.15, 0.2) is 0 Å². The predicted octanol–water partition coefficient (Wildman–Crippen LogP) is 2.95. The molecule has 0 saturated carbocycles. The Morgan fingerprint density at radius 3 is 2.09 bits per heavy atom. The molecule has 128 valence electrons. The molecule has 0 unspecified atom stereocenters. The minimum absolute atomic E-state index is 0.133. The summed E-state index contributed by atoms with van der Waals surface area (Å²) in [6.07, 6.45) is 10.5. The Balaban J connectivity index is 2.10. The molecule has 1 fully saturated rings. The van der Waals surface area contributed by atoms with Gasteiger partial charge in [0.15, 0.2) is 6.04 Å². The van der Waals surface area contributed by atoms with E-state index in [1.54, 1.807) is 0 Å². The molecule has 0 spiro atoms. The number of hydrogen-bond donors (Lipinski definition) is 2. The average Bonchev–Trinajstić information content (AvgIpc) is 2.87. The van der Waals surface area contributed by atoms with Gasteiger partial charge in [-0.05, 0) is 12.8 Å². The van der Waals surface area contributed by atoms with Gasteiger partial charge in [0, 0.05) is 13.0 Å². The first-order valence-electron chi connectivity index (χ1n) is 8.78. The van der Waals surface area contributed by atoms with Crippen LogP contribution in [-0.4, -0.2) is 45.7 Å². The van der Waals surface area contributed by atoms with Gasteiger partial charge in [0.25, 0.3) is 0 Å². The SMILES string of the molecule is CCCCCCCCCCCC(=O)N1CC[C@@H](O)[C@H]1C(=O)O. The molecule has 5 heteroatoms. The van der Waals surface area contributed by atoms with Crippen LogP contribution in [0.25, 0.3) is 0 Å². The third kappa shape index (κ3) is 6.34. The Labute approximate surface area is 133 Å². The van der Waals surface area contributed by atoms with Gasteiger partial charge in [-0.2, -0.15) is 0 Å². The number of likely N-dealkylation sites (tertiary alicyclic amines) is 1. The summed E-state index contributed by atoms with van der Waals surface area (Å²) in [5, 5.41) is 18.7. The van der Waals surface area contributed by atoms with E-state index in [0.29, 0.717) is 19.4 Å². The van der Waals surface area contributed by atoms with Crippen LogP contribution in [0.5, 0.6) is 0 Å². The molecule has 0 aromatic carbocycles. The van der Waals surface area contributed by atoms with Gasteiger partial charge in [-0.3, -0.25) is 4.79 Å². The van der Waals surface area contributed by atoms with E-state index in [4.69, 9.17) is 5.11 Å². The van der Waals surface area contributed by atoms with Gasteiger partial charge in [-0.1, -0.05) is 58.3 Å². The maximum atomic E-state index is 12.1. The smallest absolute Gasteiger partial charge is 0.329 e. The molecule has 1 amide bonds. The number of hydrogen-bond acceptors (Lipinski definition) is 3. The first-order valence-corrected chi connectivity index (χ1v) is 8.78. The van der Waals surface area contributed by atoms with Gasteiger partial charge in [0.2, 0.25) is 5.91 Å². The van der Waals surface area contributed by atoms with Gasteiger partial charge < -0.3 is 15.1 Å². The maximum absolute atomic E-state index is 12.1. The van der Waals surface area contributed by atoms with Crippen LogP contribution < -0.4 is 0 Å². The molecule has 1 aliphatic heterocycles. The summed E-state index contributed by atoms with van der Waals surface area (Å²) in [6.45, 7) is 2.57.